The molecule has 5 nitrogen and oxygen atoms in total. The number of nitrogens with zero attached hydrogens (tertiary/aromatic N) is 1. The van der Waals surface area contributed by atoms with Crippen molar-refractivity contribution in [3.8, 4) is 6.07 Å². The van der Waals surface area contributed by atoms with Crippen molar-refractivity contribution in [3.63, 3.8) is 0 Å². The molecule has 1 N–H and O–H groups in total. The van der Waals surface area contributed by atoms with E-state index in [-0.39, 0.29) is 36.0 Å². The van der Waals surface area contributed by atoms with Crippen molar-refractivity contribution in [1.82, 2.24) is 5.32 Å². The molecule has 6 heteroatoms. The van der Waals surface area contributed by atoms with E-state index in [2.05, 4.69) is 5.32 Å². The molecule has 2 rings (SSSR count). The van der Waals surface area contributed by atoms with Gasteiger partial charge in [-0.3, -0.25) is 4.79 Å². The van der Waals surface area contributed by atoms with E-state index in [1.54, 1.807) is 13.8 Å². The number of hydrogen-bond donors (Lipinski definition) is 1. The van der Waals surface area contributed by atoms with Gasteiger partial charge in [0.05, 0.1) is 18.1 Å². The number of carbonyl (C=O) groups excluding carboxylic acids is 2. The Bertz CT molecular complexity index is 844. The van der Waals surface area contributed by atoms with Crippen molar-refractivity contribution in [2.75, 3.05) is 0 Å². The zero-order valence-corrected chi connectivity index (χ0v) is 15.2. The SMILES string of the molecule is CC(C)[C@H](NC(=O)Cc1ccccc1)C(=O)OCc1cc(C#N)ccc1F. The molecular weight excluding hydrogens is 347 g/mol. The fourth-order valence-electron chi connectivity index (χ4n) is 2.50. The molecule has 0 heterocycles. The van der Waals surface area contributed by atoms with Crippen LogP contribution in [-0.2, 0) is 27.4 Å². The van der Waals surface area contributed by atoms with E-state index in [0.29, 0.717) is 0 Å². The van der Waals surface area contributed by atoms with E-state index < -0.39 is 17.8 Å². The van der Waals surface area contributed by atoms with Crippen LogP contribution in [0.3, 0.4) is 0 Å². The second-order valence-electron chi connectivity index (χ2n) is 6.48. The van der Waals surface area contributed by atoms with Crippen molar-refractivity contribution in [2.24, 2.45) is 5.92 Å². The second kappa shape index (κ2) is 9.48. The molecule has 2 aromatic carbocycles. The number of nitriles is 1. The number of hydrogen-bond acceptors (Lipinski definition) is 4. The van der Waals surface area contributed by atoms with Crippen LogP contribution in [0.2, 0.25) is 0 Å². The van der Waals surface area contributed by atoms with Gasteiger partial charge in [0.2, 0.25) is 5.91 Å². The Labute approximate surface area is 157 Å². The van der Waals surface area contributed by atoms with Crippen LogP contribution in [0, 0.1) is 23.1 Å². The van der Waals surface area contributed by atoms with E-state index in [1.165, 1.54) is 12.1 Å². The lowest BCUT2D eigenvalue weighted by molar-refractivity contribution is -0.150. The minimum Gasteiger partial charge on any atom is -0.459 e. The van der Waals surface area contributed by atoms with Gasteiger partial charge >= 0.3 is 5.97 Å². The number of halogens is 1. The Morgan fingerprint density at radius 3 is 2.52 bits per heavy atom. The highest BCUT2D eigenvalue weighted by molar-refractivity contribution is 5.85. The summed E-state index contributed by atoms with van der Waals surface area (Å²) in [5.41, 5.74) is 1.22. The van der Waals surface area contributed by atoms with Crippen molar-refractivity contribution in [2.45, 2.75) is 32.9 Å². The van der Waals surface area contributed by atoms with Crippen LogP contribution >= 0.6 is 0 Å². The third-order valence-corrected chi connectivity index (χ3v) is 3.99. The summed E-state index contributed by atoms with van der Waals surface area (Å²) in [6.45, 7) is 3.26. The molecule has 0 radical (unpaired) electrons. The van der Waals surface area contributed by atoms with Crippen LogP contribution in [0.25, 0.3) is 0 Å². The Balaban J connectivity index is 1.98. The quantitative estimate of drug-likeness (QED) is 0.762. The summed E-state index contributed by atoms with van der Waals surface area (Å²) < 4.78 is 19.0. The van der Waals surface area contributed by atoms with Gasteiger partial charge < -0.3 is 10.1 Å². The molecule has 0 saturated carbocycles. The van der Waals surface area contributed by atoms with Gasteiger partial charge in [-0.2, -0.15) is 5.26 Å². The summed E-state index contributed by atoms with van der Waals surface area (Å²) in [6, 6.07) is 14.1. The average molecular weight is 368 g/mol. The summed E-state index contributed by atoms with van der Waals surface area (Å²) in [5.74, 6) is -1.70. The number of amides is 1. The zero-order chi connectivity index (χ0) is 19.8. The topological polar surface area (TPSA) is 79.2 Å². The first-order valence-corrected chi connectivity index (χ1v) is 8.59. The Kier molecular flexibility index (Phi) is 7.07. The number of rotatable bonds is 7. The molecule has 1 amide bonds. The van der Waals surface area contributed by atoms with E-state index in [1.807, 2.05) is 36.4 Å². The summed E-state index contributed by atoms with van der Waals surface area (Å²) in [5, 5.41) is 11.6. The maximum absolute atomic E-state index is 13.8. The second-order valence-corrected chi connectivity index (χ2v) is 6.48. The molecule has 27 heavy (non-hydrogen) atoms. The molecule has 0 aliphatic rings. The number of carbonyl (C=O) groups is 2. The standard InChI is InChI=1S/C21H21FN2O3/c1-14(2)20(24-19(25)11-15-6-4-3-5-7-15)21(26)27-13-17-10-16(12-23)8-9-18(17)22/h3-10,14,20H,11,13H2,1-2H3,(H,24,25)/t20-/m0/s1. The van der Waals surface area contributed by atoms with Gasteiger partial charge in [0.15, 0.2) is 0 Å². The van der Waals surface area contributed by atoms with Gasteiger partial charge in [-0.15, -0.1) is 0 Å². The monoisotopic (exact) mass is 368 g/mol. The molecule has 0 aromatic heterocycles. The third kappa shape index (κ3) is 5.93. The van der Waals surface area contributed by atoms with Crippen molar-refractivity contribution in [1.29, 1.82) is 5.26 Å². The van der Waals surface area contributed by atoms with Gasteiger partial charge in [-0.05, 0) is 29.7 Å². The van der Waals surface area contributed by atoms with Gasteiger partial charge in [-0.25, -0.2) is 9.18 Å². The average Bonchev–Trinajstić information content (AvgIpc) is 2.65. The molecule has 0 aliphatic heterocycles. The molecule has 0 fully saturated rings. The van der Waals surface area contributed by atoms with E-state index in [0.717, 1.165) is 11.6 Å². The predicted molar refractivity (Wildman–Crippen MR) is 97.8 cm³/mol. The lowest BCUT2D eigenvalue weighted by Crippen LogP contribution is -2.45. The molecule has 0 saturated heterocycles. The highest BCUT2D eigenvalue weighted by atomic mass is 19.1. The highest BCUT2D eigenvalue weighted by Gasteiger charge is 2.26. The van der Waals surface area contributed by atoms with Crippen molar-refractivity contribution < 1.29 is 18.7 Å². The zero-order valence-electron chi connectivity index (χ0n) is 15.2. The van der Waals surface area contributed by atoms with Crippen LogP contribution in [-0.4, -0.2) is 17.9 Å². The fraction of sp³-hybridized carbons (Fsp3) is 0.286. The third-order valence-electron chi connectivity index (χ3n) is 3.99. The summed E-state index contributed by atoms with van der Waals surface area (Å²) >= 11 is 0. The van der Waals surface area contributed by atoms with Crippen LogP contribution in [0.5, 0.6) is 0 Å². The highest BCUT2D eigenvalue weighted by Crippen LogP contribution is 2.13. The maximum atomic E-state index is 13.8. The maximum Gasteiger partial charge on any atom is 0.329 e. The molecular formula is C21H21FN2O3. The van der Waals surface area contributed by atoms with Crippen molar-refractivity contribution in [3.05, 3.63) is 71.0 Å². The van der Waals surface area contributed by atoms with E-state index >= 15 is 0 Å². The Morgan fingerprint density at radius 1 is 1.19 bits per heavy atom. The van der Waals surface area contributed by atoms with Crippen molar-refractivity contribution >= 4 is 11.9 Å². The lowest BCUT2D eigenvalue weighted by Gasteiger charge is -2.21. The van der Waals surface area contributed by atoms with Crippen LogP contribution in [0.15, 0.2) is 48.5 Å². The minimum absolute atomic E-state index is 0.112. The molecule has 0 unspecified atom stereocenters. The molecule has 0 spiro atoms. The number of esters is 1. The first kappa shape index (κ1) is 20.1. The van der Waals surface area contributed by atoms with Gasteiger partial charge in [0.1, 0.15) is 18.5 Å². The van der Waals surface area contributed by atoms with Gasteiger partial charge in [0, 0.05) is 5.56 Å². The fourth-order valence-corrected chi connectivity index (χ4v) is 2.50. The molecule has 1 atom stereocenters. The van der Waals surface area contributed by atoms with E-state index in [9.17, 15) is 14.0 Å². The lowest BCUT2D eigenvalue weighted by atomic mass is 10.0. The van der Waals surface area contributed by atoms with Gasteiger partial charge in [-0.1, -0.05) is 44.2 Å². The molecule has 2 aromatic rings. The van der Waals surface area contributed by atoms with E-state index in [4.69, 9.17) is 10.00 Å². The minimum atomic E-state index is -0.844. The first-order valence-electron chi connectivity index (χ1n) is 8.59. The number of benzene rings is 2. The van der Waals surface area contributed by atoms with Crippen LogP contribution < -0.4 is 5.32 Å². The van der Waals surface area contributed by atoms with Crippen LogP contribution in [0.4, 0.5) is 4.39 Å². The smallest absolute Gasteiger partial charge is 0.329 e. The summed E-state index contributed by atoms with van der Waals surface area (Å²) in [6.07, 6.45) is 0.149. The molecule has 0 aliphatic carbocycles. The van der Waals surface area contributed by atoms with Gasteiger partial charge in [0.25, 0.3) is 0 Å². The molecule has 140 valence electrons. The Morgan fingerprint density at radius 2 is 1.89 bits per heavy atom. The summed E-state index contributed by atoms with van der Waals surface area (Å²) in [4.78, 5) is 24.6. The number of nitrogens with one attached hydrogen (secondary N) is 1. The largest absolute Gasteiger partial charge is 0.459 e. The van der Waals surface area contributed by atoms with Crippen LogP contribution in [0.1, 0.15) is 30.5 Å². The molecule has 0 bridgehead atoms. The Hall–Kier alpha value is -3.20. The number of ether oxygens (including phenoxy) is 1. The summed E-state index contributed by atoms with van der Waals surface area (Å²) in [7, 11) is 0. The predicted octanol–water partition coefficient (Wildman–Crippen LogP) is 3.12. The normalized spacial score (nSPS) is 11.5. The first-order chi connectivity index (χ1) is 12.9.